The number of alkyl halides is 3. The van der Waals surface area contributed by atoms with E-state index in [1.54, 1.807) is 13.0 Å². The van der Waals surface area contributed by atoms with Crippen LogP contribution in [0, 0.1) is 5.92 Å². The van der Waals surface area contributed by atoms with Gasteiger partial charge in [0.05, 0.1) is 11.7 Å². The van der Waals surface area contributed by atoms with Gasteiger partial charge in [0.15, 0.2) is 0 Å². The van der Waals surface area contributed by atoms with Crippen LogP contribution < -0.4 is 10.6 Å². The van der Waals surface area contributed by atoms with E-state index in [0.29, 0.717) is 18.8 Å². The van der Waals surface area contributed by atoms with Crippen LogP contribution in [0.5, 0.6) is 0 Å². The van der Waals surface area contributed by atoms with Crippen molar-refractivity contribution in [3.8, 4) is 0 Å². The molecule has 0 bridgehead atoms. The quantitative estimate of drug-likeness (QED) is 0.815. The third kappa shape index (κ3) is 2.94. The molecular weight excluding hydrogens is 257 g/mol. The highest BCUT2D eigenvalue weighted by Crippen LogP contribution is 2.37. The second-order valence-electron chi connectivity index (χ2n) is 5.00. The first-order valence-electron chi connectivity index (χ1n) is 6.19. The van der Waals surface area contributed by atoms with Crippen molar-refractivity contribution in [2.75, 3.05) is 23.7 Å². The number of aliphatic hydroxyl groups excluding tert-OH is 1. The Balaban J connectivity index is 2.23. The van der Waals surface area contributed by atoms with Crippen LogP contribution in [0.4, 0.5) is 24.5 Å². The number of anilines is 2. The Bertz CT molecular complexity index is 460. The van der Waals surface area contributed by atoms with Crippen LogP contribution >= 0.6 is 0 Å². The van der Waals surface area contributed by atoms with E-state index in [-0.39, 0.29) is 11.6 Å². The van der Waals surface area contributed by atoms with E-state index in [2.05, 4.69) is 0 Å². The number of rotatable bonds is 2. The van der Waals surface area contributed by atoms with Crippen molar-refractivity contribution < 1.29 is 18.3 Å². The Morgan fingerprint density at radius 1 is 1.42 bits per heavy atom. The summed E-state index contributed by atoms with van der Waals surface area (Å²) in [5, 5.41) is 9.52. The minimum atomic E-state index is -4.44. The van der Waals surface area contributed by atoms with Crippen LogP contribution in [-0.4, -0.2) is 24.3 Å². The summed E-state index contributed by atoms with van der Waals surface area (Å²) in [5.74, 6) is 0.104. The maximum Gasteiger partial charge on any atom is 0.418 e. The SMILES string of the molecule is CC(O)C1CCN(c2ccc(N)c(C(F)(F)F)c2)C1. The van der Waals surface area contributed by atoms with E-state index in [0.717, 1.165) is 12.5 Å². The summed E-state index contributed by atoms with van der Waals surface area (Å²) in [6, 6.07) is 3.96. The number of benzene rings is 1. The Hall–Kier alpha value is -1.43. The molecule has 1 aliphatic heterocycles. The minimum Gasteiger partial charge on any atom is -0.398 e. The number of nitrogens with two attached hydrogens (primary N) is 1. The van der Waals surface area contributed by atoms with Crippen molar-refractivity contribution in [1.82, 2.24) is 0 Å². The van der Waals surface area contributed by atoms with E-state index in [4.69, 9.17) is 5.73 Å². The number of aliphatic hydroxyl groups is 1. The first-order chi connectivity index (χ1) is 8.79. The van der Waals surface area contributed by atoms with Gasteiger partial charge in [-0.15, -0.1) is 0 Å². The van der Waals surface area contributed by atoms with Crippen molar-refractivity contribution in [1.29, 1.82) is 0 Å². The van der Waals surface area contributed by atoms with Crippen LogP contribution in [0.2, 0.25) is 0 Å². The van der Waals surface area contributed by atoms with Gasteiger partial charge in [0, 0.05) is 30.4 Å². The van der Waals surface area contributed by atoms with Gasteiger partial charge >= 0.3 is 6.18 Å². The number of nitrogen functional groups attached to an aromatic ring is 1. The third-order valence-corrected chi connectivity index (χ3v) is 3.61. The molecule has 6 heteroatoms. The van der Waals surface area contributed by atoms with Crippen molar-refractivity contribution in [3.63, 3.8) is 0 Å². The molecule has 3 N–H and O–H groups in total. The zero-order valence-electron chi connectivity index (χ0n) is 10.6. The molecule has 2 atom stereocenters. The molecule has 2 unspecified atom stereocenters. The van der Waals surface area contributed by atoms with E-state index >= 15 is 0 Å². The lowest BCUT2D eigenvalue weighted by molar-refractivity contribution is -0.136. The third-order valence-electron chi connectivity index (χ3n) is 3.61. The molecule has 0 aliphatic carbocycles. The second kappa shape index (κ2) is 4.92. The first-order valence-corrected chi connectivity index (χ1v) is 6.19. The summed E-state index contributed by atoms with van der Waals surface area (Å²) in [6.07, 6.45) is -4.10. The molecule has 1 fully saturated rings. The Morgan fingerprint density at radius 3 is 2.63 bits per heavy atom. The van der Waals surface area contributed by atoms with E-state index in [9.17, 15) is 18.3 Å². The van der Waals surface area contributed by atoms with Gasteiger partial charge in [-0.2, -0.15) is 13.2 Å². The fourth-order valence-corrected chi connectivity index (χ4v) is 2.40. The fourth-order valence-electron chi connectivity index (χ4n) is 2.40. The van der Waals surface area contributed by atoms with Crippen LogP contribution in [0.3, 0.4) is 0 Å². The number of hydrogen-bond acceptors (Lipinski definition) is 3. The summed E-state index contributed by atoms with van der Waals surface area (Å²) >= 11 is 0. The van der Waals surface area contributed by atoms with Crippen molar-refractivity contribution in [3.05, 3.63) is 23.8 Å². The molecule has 1 heterocycles. The summed E-state index contributed by atoms with van der Waals surface area (Å²) in [5.41, 5.74) is 4.81. The Labute approximate surface area is 109 Å². The lowest BCUT2D eigenvalue weighted by Gasteiger charge is -2.21. The molecule has 2 rings (SSSR count). The standard InChI is InChI=1S/C13H17F3N2O/c1-8(19)9-4-5-18(7-9)10-2-3-12(17)11(6-10)13(14,15)16/h2-3,6,8-9,19H,4-5,7,17H2,1H3. The predicted octanol–water partition coefficient (Wildman–Crippen LogP) is 2.49. The first kappa shape index (κ1) is 14.0. The molecule has 0 amide bonds. The van der Waals surface area contributed by atoms with Crippen LogP contribution in [-0.2, 0) is 6.18 Å². The molecule has 1 aliphatic rings. The molecule has 1 saturated heterocycles. The second-order valence-corrected chi connectivity index (χ2v) is 5.00. The molecule has 1 aromatic rings. The number of hydrogen-bond donors (Lipinski definition) is 2. The average molecular weight is 274 g/mol. The maximum atomic E-state index is 12.8. The minimum absolute atomic E-state index is 0.104. The average Bonchev–Trinajstić information content (AvgIpc) is 2.77. The van der Waals surface area contributed by atoms with Crippen LogP contribution in [0.15, 0.2) is 18.2 Å². The smallest absolute Gasteiger partial charge is 0.398 e. The van der Waals surface area contributed by atoms with Gasteiger partial charge in [-0.25, -0.2) is 0 Å². The lowest BCUT2D eigenvalue weighted by atomic mass is 10.0. The molecule has 106 valence electrons. The van der Waals surface area contributed by atoms with Crippen molar-refractivity contribution in [2.24, 2.45) is 5.92 Å². The number of halogens is 3. The van der Waals surface area contributed by atoms with Gasteiger partial charge in [-0.3, -0.25) is 0 Å². The largest absolute Gasteiger partial charge is 0.418 e. The molecule has 19 heavy (non-hydrogen) atoms. The molecule has 1 aromatic carbocycles. The van der Waals surface area contributed by atoms with Gasteiger partial charge in [-0.1, -0.05) is 0 Å². The van der Waals surface area contributed by atoms with Gasteiger partial charge in [0.25, 0.3) is 0 Å². The normalized spacial score (nSPS) is 21.7. The van der Waals surface area contributed by atoms with Gasteiger partial charge < -0.3 is 15.7 Å². The summed E-state index contributed by atoms with van der Waals surface area (Å²) in [6.45, 7) is 2.92. The molecular formula is C13H17F3N2O. The molecule has 0 aromatic heterocycles. The number of nitrogens with zero attached hydrogens (tertiary/aromatic N) is 1. The summed E-state index contributed by atoms with van der Waals surface area (Å²) in [4.78, 5) is 1.85. The highest BCUT2D eigenvalue weighted by atomic mass is 19.4. The molecule has 0 radical (unpaired) electrons. The lowest BCUT2D eigenvalue weighted by Crippen LogP contribution is -2.24. The molecule has 0 spiro atoms. The van der Waals surface area contributed by atoms with Crippen molar-refractivity contribution >= 4 is 11.4 Å². The maximum absolute atomic E-state index is 12.8. The van der Waals surface area contributed by atoms with E-state index < -0.39 is 17.8 Å². The van der Waals surface area contributed by atoms with E-state index in [1.807, 2.05) is 4.90 Å². The van der Waals surface area contributed by atoms with Gasteiger partial charge in [-0.05, 0) is 31.5 Å². The Kier molecular flexibility index (Phi) is 3.62. The van der Waals surface area contributed by atoms with Crippen LogP contribution in [0.1, 0.15) is 18.9 Å². The van der Waals surface area contributed by atoms with Gasteiger partial charge in [0.2, 0.25) is 0 Å². The van der Waals surface area contributed by atoms with Crippen LogP contribution in [0.25, 0.3) is 0 Å². The highest BCUT2D eigenvalue weighted by Gasteiger charge is 2.34. The monoisotopic (exact) mass is 274 g/mol. The summed E-state index contributed by atoms with van der Waals surface area (Å²) < 4.78 is 38.3. The van der Waals surface area contributed by atoms with Crippen molar-refractivity contribution in [2.45, 2.75) is 25.6 Å². The Morgan fingerprint density at radius 2 is 2.11 bits per heavy atom. The topological polar surface area (TPSA) is 49.5 Å². The fraction of sp³-hybridized carbons (Fsp3) is 0.538. The zero-order chi connectivity index (χ0) is 14.2. The van der Waals surface area contributed by atoms with Gasteiger partial charge in [0.1, 0.15) is 0 Å². The van der Waals surface area contributed by atoms with E-state index in [1.165, 1.54) is 6.07 Å². The predicted molar refractivity (Wildman–Crippen MR) is 67.9 cm³/mol. The summed E-state index contributed by atoms with van der Waals surface area (Å²) in [7, 11) is 0. The highest BCUT2D eigenvalue weighted by molar-refractivity contribution is 5.60. The molecule has 3 nitrogen and oxygen atoms in total. The molecule has 0 saturated carbocycles. The zero-order valence-corrected chi connectivity index (χ0v) is 10.6.